The highest BCUT2D eigenvalue weighted by Gasteiger charge is 2.13. The molecule has 1 N–H and O–H groups in total. The van der Waals surface area contributed by atoms with E-state index in [9.17, 15) is 0 Å². The van der Waals surface area contributed by atoms with Crippen molar-refractivity contribution in [2.45, 2.75) is 27.3 Å². The van der Waals surface area contributed by atoms with Gasteiger partial charge < -0.3 is 10.1 Å². The maximum Gasteiger partial charge on any atom is 0.127 e. The molecule has 0 saturated heterocycles. The molecule has 0 aromatic heterocycles. The molecule has 0 atom stereocenters. The zero-order valence-electron chi connectivity index (χ0n) is 13.0. The predicted molar refractivity (Wildman–Crippen MR) is 85.4 cm³/mol. The van der Waals surface area contributed by atoms with Gasteiger partial charge in [-0.3, -0.25) is 0 Å². The molecule has 0 heterocycles. The molecule has 2 aromatic rings. The molecular formula is C18H23NO. The number of methoxy groups -OCH3 is 1. The van der Waals surface area contributed by atoms with Crippen LogP contribution in [0.3, 0.4) is 0 Å². The third-order valence-electron chi connectivity index (χ3n) is 3.62. The Balaban J connectivity index is 2.64. The van der Waals surface area contributed by atoms with Crippen molar-refractivity contribution in [3.05, 3.63) is 52.6 Å². The van der Waals surface area contributed by atoms with Crippen molar-refractivity contribution in [3.63, 3.8) is 0 Å². The number of hydrogen-bond acceptors (Lipinski definition) is 2. The Morgan fingerprint density at radius 3 is 2.40 bits per heavy atom. The second kappa shape index (κ2) is 6.10. The van der Waals surface area contributed by atoms with Gasteiger partial charge >= 0.3 is 0 Å². The number of nitrogens with one attached hydrogen (secondary N) is 1. The number of ether oxygens (including phenoxy) is 1. The summed E-state index contributed by atoms with van der Waals surface area (Å²) in [7, 11) is 3.71. The minimum absolute atomic E-state index is 0.876. The minimum Gasteiger partial charge on any atom is -0.496 e. The van der Waals surface area contributed by atoms with Gasteiger partial charge in [-0.05, 0) is 67.8 Å². The van der Waals surface area contributed by atoms with Gasteiger partial charge in [-0.25, -0.2) is 0 Å². The predicted octanol–water partition coefficient (Wildman–Crippen LogP) is 4.01. The molecule has 2 nitrogen and oxygen atoms in total. The Morgan fingerprint density at radius 1 is 1.00 bits per heavy atom. The lowest BCUT2D eigenvalue weighted by molar-refractivity contribution is 0.416. The highest BCUT2D eigenvalue weighted by Crippen LogP contribution is 2.36. The number of hydrogen-bond donors (Lipinski definition) is 1. The van der Waals surface area contributed by atoms with Crippen molar-refractivity contribution in [1.82, 2.24) is 5.32 Å². The van der Waals surface area contributed by atoms with E-state index >= 15 is 0 Å². The Bertz CT molecular complexity index is 617. The second-order valence-corrected chi connectivity index (χ2v) is 5.34. The third-order valence-corrected chi connectivity index (χ3v) is 3.62. The van der Waals surface area contributed by atoms with Crippen LogP contribution in [-0.2, 0) is 6.54 Å². The normalized spacial score (nSPS) is 10.7. The lowest BCUT2D eigenvalue weighted by atomic mass is 9.93. The van der Waals surface area contributed by atoms with Crippen LogP contribution in [0.1, 0.15) is 22.3 Å². The molecule has 0 aliphatic carbocycles. The summed E-state index contributed by atoms with van der Waals surface area (Å²) in [6.45, 7) is 7.27. The summed E-state index contributed by atoms with van der Waals surface area (Å²) in [6.07, 6.45) is 0. The highest BCUT2D eigenvalue weighted by molar-refractivity contribution is 5.77. The fourth-order valence-corrected chi connectivity index (χ4v) is 2.69. The van der Waals surface area contributed by atoms with E-state index in [4.69, 9.17) is 4.74 Å². The van der Waals surface area contributed by atoms with E-state index in [1.807, 2.05) is 7.05 Å². The van der Waals surface area contributed by atoms with Crippen LogP contribution in [0.25, 0.3) is 11.1 Å². The molecule has 0 aliphatic heterocycles. The number of benzene rings is 2. The average Bonchev–Trinajstić information content (AvgIpc) is 2.41. The van der Waals surface area contributed by atoms with Gasteiger partial charge in [0.25, 0.3) is 0 Å². The Hall–Kier alpha value is -1.80. The van der Waals surface area contributed by atoms with E-state index < -0.39 is 0 Å². The molecule has 106 valence electrons. The zero-order chi connectivity index (χ0) is 14.7. The van der Waals surface area contributed by atoms with Gasteiger partial charge in [0.15, 0.2) is 0 Å². The van der Waals surface area contributed by atoms with Gasteiger partial charge in [-0.1, -0.05) is 18.2 Å². The molecule has 2 heteroatoms. The summed E-state index contributed by atoms with van der Waals surface area (Å²) >= 11 is 0. The largest absolute Gasteiger partial charge is 0.496 e. The Kier molecular flexibility index (Phi) is 4.46. The van der Waals surface area contributed by atoms with Crippen LogP contribution in [0.2, 0.25) is 0 Å². The molecule has 0 bridgehead atoms. The fraction of sp³-hybridized carbons (Fsp3) is 0.333. The number of aryl methyl sites for hydroxylation is 3. The first-order valence-corrected chi connectivity index (χ1v) is 6.96. The smallest absolute Gasteiger partial charge is 0.127 e. The van der Waals surface area contributed by atoms with Gasteiger partial charge in [0.05, 0.1) is 7.11 Å². The Labute approximate surface area is 121 Å². The van der Waals surface area contributed by atoms with Crippen molar-refractivity contribution in [1.29, 1.82) is 0 Å². The standard InChI is InChI=1S/C18H23NO/c1-12-8-14(3)18(17(9-12)20-5)16-10-15(11-19-4)7-6-13(16)2/h6-10,19H,11H2,1-5H3. The highest BCUT2D eigenvalue weighted by atomic mass is 16.5. The van der Waals surface area contributed by atoms with Gasteiger partial charge in [0, 0.05) is 12.1 Å². The molecule has 0 unspecified atom stereocenters. The van der Waals surface area contributed by atoms with Crippen LogP contribution in [0.15, 0.2) is 30.3 Å². The maximum absolute atomic E-state index is 5.60. The van der Waals surface area contributed by atoms with Crippen LogP contribution in [0.5, 0.6) is 5.75 Å². The molecule has 0 saturated carbocycles. The van der Waals surface area contributed by atoms with Crippen LogP contribution < -0.4 is 10.1 Å². The fourth-order valence-electron chi connectivity index (χ4n) is 2.69. The monoisotopic (exact) mass is 269 g/mol. The van der Waals surface area contributed by atoms with E-state index in [2.05, 4.69) is 56.4 Å². The van der Waals surface area contributed by atoms with Gasteiger partial charge in [-0.2, -0.15) is 0 Å². The lowest BCUT2D eigenvalue weighted by Crippen LogP contribution is -2.05. The molecule has 0 fully saturated rings. The topological polar surface area (TPSA) is 21.3 Å². The molecule has 2 aromatic carbocycles. The van der Waals surface area contributed by atoms with E-state index in [0.717, 1.165) is 12.3 Å². The molecule has 0 radical (unpaired) electrons. The van der Waals surface area contributed by atoms with E-state index in [0.29, 0.717) is 0 Å². The zero-order valence-corrected chi connectivity index (χ0v) is 13.0. The van der Waals surface area contributed by atoms with Gasteiger partial charge in [0.1, 0.15) is 5.75 Å². The van der Waals surface area contributed by atoms with Crippen molar-refractivity contribution < 1.29 is 4.74 Å². The van der Waals surface area contributed by atoms with E-state index in [1.165, 1.54) is 33.4 Å². The van der Waals surface area contributed by atoms with Crippen molar-refractivity contribution >= 4 is 0 Å². The average molecular weight is 269 g/mol. The molecule has 2 rings (SSSR count). The molecule has 0 spiro atoms. The molecular weight excluding hydrogens is 246 g/mol. The second-order valence-electron chi connectivity index (χ2n) is 5.34. The van der Waals surface area contributed by atoms with Gasteiger partial charge in [0.2, 0.25) is 0 Å². The third kappa shape index (κ3) is 2.86. The SMILES string of the molecule is CNCc1ccc(C)c(-c2c(C)cc(C)cc2OC)c1. The first kappa shape index (κ1) is 14.6. The summed E-state index contributed by atoms with van der Waals surface area (Å²) in [5.41, 5.74) is 7.50. The van der Waals surface area contributed by atoms with Crippen LogP contribution in [0, 0.1) is 20.8 Å². The maximum atomic E-state index is 5.60. The van der Waals surface area contributed by atoms with Crippen molar-refractivity contribution in [3.8, 4) is 16.9 Å². The summed E-state index contributed by atoms with van der Waals surface area (Å²) in [4.78, 5) is 0. The molecule has 0 aliphatic rings. The minimum atomic E-state index is 0.876. The van der Waals surface area contributed by atoms with Crippen molar-refractivity contribution in [2.75, 3.05) is 14.2 Å². The van der Waals surface area contributed by atoms with Crippen LogP contribution in [-0.4, -0.2) is 14.2 Å². The molecule has 0 amide bonds. The first-order valence-electron chi connectivity index (χ1n) is 6.96. The first-order chi connectivity index (χ1) is 9.56. The lowest BCUT2D eigenvalue weighted by Gasteiger charge is -2.16. The van der Waals surface area contributed by atoms with Crippen molar-refractivity contribution in [2.24, 2.45) is 0 Å². The van der Waals surface area contributed by atoms with Crippen LogP contribution in [0.4, 0.5) is 0 Å². The molecule has 20 heavy (non-hydrogen) atoms. The summed E-state index contributed by atoms with van der Waals surface area (Å²) in [5.74, 6) is 0.951. The Morgan fingerprint density at radius 2 is 1.75 bits per heavy atom. The summed E-state index contributed by atoms with van der Waals surface area (Å²) in [5, 5.41) is 3.20. The number of rotatable bonds is 4. The van der Waals surface area contributed by atoms with Gasteiger partial charge in [-0.15, -0.1) is 0 Å². The van der Waals surface area contributed by atoms with Crippen LogP contribution >= 0.6 is 0 Å². The summed E-state index contributed by atoms with van der Waals surface area (Å²) < 4.78 is 5.60. The van der Waals surface area contributed by atoms with E-state index in [1.54, 1.807) is 7.11 Å². The quantitative estimate of drug-likeness (QED) is 0.905. The van der Waals surface area contributed by atoms with E-state index in [-0.39, 0.29) is 0 Å². The summed E-state index contributed by atoms with van der Waals surface area (Å²) in [6, 6.07) is 10.9.